The van der Waals surface area contributed by atoms with Gasteiger partial charge >= 0.3 is 0 Å². The van der Waals surface area contributed by atoms with Gasteiger partial charge in [-0.2, -0.15) is 0 Å². The Labute approximate surface area is 235 Å². The number of carbonyl (C=O) groups is 1. The smallest absolute Gasteiger partial charge is 0.234 e. The number of carbonyl (C=O) groups excluding carboxylic acids is 1. The molecule has 4 rings (SSSR count). The highest BCUT2D eigenvalue weighted by Gasteiger charge is 2.36. The second kappa shape index (κ2) is 12.7. The summed E-state index contributed by atoms with van der Waals surface area (Å²) in [5.41, 5.74) is 10.3. The molecule has 9 nitrogen and oxygen atoms in total. The molecular formula is C27H26ClF2N6O3S. The monoisotopic (exact) mass is 587 g/mol. The minimum Gasteiger partial charge on any atom is -0.324 e. The Morgan fingerprint density at radius 3 is 2.55 bits per heavy atom. The first-order valence-corrected chi connectivity index (χ1v) is 14.3. The summed E-state index contributed by atoms with van der Waals surface area (Å²) >= 11 is 6.03. The molecule has 1 heterocycles. The lowest BCUT2D eigenvalue weighted by atomic mass is 9.84. The molecule has 2 aromatic carbocycles. The fraction of sp³-hybridized carbons (Fsp3) is 0.296. The van der Waals surface area contributed by atoms with E-state index in [1.54, 1.807) is 30.3 Å². The standard InChI is InChI=1S/C27H26ClF2N6O3S/c1-16(35-40(38,39)21-10-11-21)5-12-22-23(30)14-32-15-24(22)33-27(37)26(34-36-31)25(17-6-8-19(28)9-7-17)18-3-2-4-20(29)13-18/h2-4,6-9,13-16,21,25-26,35H,1,5,10-12H2,(H,33,37)/t16-,25-,26-/m0/s1. The molecule has 1 amide bonds. The molecule has 13 heteroatoms. The van der Waals surface area contributed by atoms with Crippen molar-refractivity contribution in [3.63, 3.8) is 0 Å². The van der Waals surface area contributed by atoms with Gasteiger partial charge in [-0.1, -0.05) is 41.0 Å². The largest absolute Gasteiger partial charge is 0.324 e. The van der Waals surface area contributed by atoms with E-state index in [-0.39, 0.29) is 24.1 Å². The molecule has 1 radical (unpaired) electrons. The Bertz CT molecular complexity index is 1530. The molecule has 209 valence electrons. The number of hydrogen-bond donors (Lipinski definition) is 2. The number of amides is 1. The first kappa shape index (κ1) is 29.4. The number of sulfonamides is 1. The summed E-state index contributed by atoms with van der Waals surface area (Å²) in [4.78, 5) is 20.2. The van der Waals surface area contributed by atoms with Crippen LogP contribution in [0.2, 0.25) is 5.02 Å². The van der Waals surface area contributed by atoms with Gasteiger partial charge in [0, 0.05) is 27.5 Å². The fourth-order valence-corrected chi connectivity index (χ4v) is 6.03. The Morgan fingerprint density at radius 1 is 1.18 bits per heavy atom. The van der Waals surface area contributed by atoms with Gasteiger partial charge in [0.2, 0.25) is 15.9 Å². The molecule has 0 spiro atoms. The van der Waals surface area contributed by atoms with Crippen molar-refractivity contribution in [3.05, 3.63) is 112 Å². The van der Waals surface area contributed by atoms with Crippen molar-refractivity contribution in [3.8, 4) is 0 Å². The minimum atomic E-state index is -3.49. The molecule has 1 aromatic heterocycles. The maximum atomic E-state index is 14.8. The number of nitrogens with zero attached hydrogens (tertiary/aromatic N) is 4. The first-order chi connectivity index (χ1) is 19.1. The van der Waals surface area contributed by atoms with Gasteiger partial charge in [-0.3, -0.25) is 9.78 Å². The van der Waals surface area contributed by atoms with Gasteiger partial charge in [0.15, 0.2) is 0 Å². The predicted octanol–water partition coefficient (Wildman–Crippen LogP) is 5.68. The molecule has 3 atom stereocenters. The molecule has 40 heavy (non-hydrogen) atoms. The summed E-state index contributed by atoms with van der Waals surface area (Å²) in [5.74, 6) is -2.95. The van der Waals surface area contributed by atoms with Gasteiger partial charge in [0.25, 0.3) is 0 Å². The van der Waals surface area contributed by atoms with Crippen molar-refractivity contribution in [2.45, 2.75) is 48.9 Å². The van der Waals surface area contributed by atoms with E-state index < -0.39 is 50.8 Å². The summed E-state index contributed by atoms with van der Waals surface area (Å²) in [5, 5.41) is 6.34. The average Bonchev–Trinajstić information content (AvgIpc) is 3.75. The van der Waals surface area contributed by atoms with Crippen LogP contribution in [0.3, 0.4) is 0 Å². The van der Waals surface area contributed by atoms with E-state index in [1.165, 1.54) is 24.4 Å². The van der Waals surface area contributed by atoms with Crippen molar-refractivity contribution < 1.29 is 22.0 Å². The van der Waals surface area contributed by atoms with Crippen LogP contribution in [-0.4, -0.2) is 36.6 Å². The molecule has 1 aliphatic rings. The third-order valence-electron chi connectivity index (χ3n) is 6.50. The normalized spacial score (nSPS) is 15.5. The third-order valence-corrected chi connectivity index (χ3v) is 8.76. The van der Waals surface area contributed by atoms with Gasteiger partial charge in [0.05, 0.1) is 23.3 Å². The van der Waals surface area contributed by atoms with E-state index >= 15 is 0 Å². The van der Waals surface area contributed by atoms with Crippen LogP contribution < -0.4 is 10.0 Å². The van der Waals surface area contributed by atoms with Crippen LogP contribution in [0, 0.1) is 18.6 Å². The average molecular weight is 588 g/mol. The Balaban J connectivity index is 1.60. The highest BCUT2D eigenvalue weighted by Crippen LogP contribution is 2.33. The molecule has 0 saturated heterocycles. The number of rotatable bonds is 12. The Hall–Kier alpha value is -3.57. The molecule has 1 fully saturated rings. The van der Waals surface area contributed by atoms with E-state index in [0.29, 0.717) is 29.0 Å². The fourth-order valence-electron chi connectivity index (χ4n) is 4.37. The van der Waals surface area contributed by atoms with Crippen molar-refractivity contribution in [1.29, 1.82) is 0 Å². The molecular weight excluding hydrogens is 562 g/mol. The summed E-state index contributed by atoms with van der Waals surface area (Å²) < 4.78 is 55.9. The lowest BCUT2D eigenvalue weighted by molar-refractivity contribution is -0.117. The lowest BCUT2D eigenvalue weighted by Crippen LogP contribution is -2.35. The SMILES string of the molecule is [CH2][C@@H](CCc1c(F)cncc1NC(=O)[C@@H](N=[N+]=[N-])[C@@H](c1ccc(Cl)cc1)c1cccc(F)c1)NS(=O)(=O)C1CC1. The van der Waals surface area contributed by atoms with E-state index in [4.69, 9.17) is 11.6 Å². The quantitative estimate of drug-likeness (QED) is 0.160. The number of aromatic nitrogens is 1. The molecule has 0 bridgehead atoms. The van der Waals surface area contributed by atoms with Gasteiger partial charge in [-0.15, -0.1) is 0 Å². The number of nitrogens with one attached hydrogen (secondary N) is 2. The number of benzene rings is 2. The Morgan fingerprint density at radius 2 is 1.90 bits per heavy atom. The third kappa shape index (κ3) is 7.33. The van der Waals surface area contributed by atoms with Crippen LogP contribution in [0.15, 0.2) is 66.0 Å². The van der Waals surface area contributed by atoms with E-state index in [2.05, 4.69) is 32.0 Å². The molecule has 0 aliphatic heterocycles. The van der Waals surface area contributed by atoms with Crippen LogP contribution in [0.25, 0.3) is 10.4 Å². The number of halogens is 3. The van der Waals surface area contributed by atoms with Crippen molar-refractivity contribution in [2.75, 3.05) is 5.32 Å². The van der Waals surface area contributed by atoms with Crippen LogP contribution in [0.1, 0.15) is 41.9 Å². The summed E-state index contributed by atoms with van der Waals surface area (Å²) in [6.45, 7) is 3.81. The van der Waals surface area contributed by atoms with Crippen LogP contribution in [0.4, 0.5) is 14.5 Å². The molecule has 3 aromatic rings. The molecule has 1 saturated carbocycles. The lowest BCUT2D eigenvalue weighted by Gasteiger charge is -2.25. The first-order valence-electron chi connectivity index (χ1n) is 12.4. The highest BCUT2D eigenvalue weighted by molar-refractivity contribution is 7.90. The zero-order valence-electron chi connectivity index (χ0n) is 21.2. The van der Waals surface area contributed by atoms with Crippen molar-refractivity contribution in [2.24, 2.45) is 5.11 Å². The molecule has 0 unspecified atom stereocenters. The number of anilines is 1. The molecule has 2 N–H and O–H groups in total. The van der Waals surface area contributed by atoms with Crippen LogP contribution in [0.5, 0.6) is 0 Å². The molecule has 1 aliphatic carbocycles. The number of azide groups is 1. The number of hydrogen-bond acceptors (Lipinski definition) is 5. The van der Waals surface area contributed by atoms with E-state index in [0.717, 1.165) is 6.20 Å². The second-order valence-electron chi connectivity index (χ2n) is 9.47. The van der Waals surface area contributed by atoms with Crippen molar-refractivity contribution in [1.82, 2.24) is 9.71 Å². The summed E-state index contributed by atoms with van der Waals surface area (Å²) in [7, 11) is -3.49. The maximum Gasteiger partial charge on any atom is 0.234 e. The second-order valence-corrected chi connectivity index (χ2v) is 11.9. The summed E-state index contributed by atoms with van der Waals surface area (Å²) in [6, 6.07) is 9.88. The van der Waals surface area contributed by atoms with E-state index in [1.807, 2.05) is 0 Å². The van der Waals surface area contributed by atoms with Gasteiger partial charge in [-0.05, 0) is 73.5 Å². The highest BCUT2D eigenvalue weighted by atomic mass is 35.5. The zero-order valence-corrected chi connectivity index (χ0v) is 22.7. The number of pyridine rings is 1. The van der Waals surface area contributed by atoms with Gasteiger partial charge < -0.3 is 5.32 Å². The van der Waals surface area contributed by atoms with Crippen LogP contribution in [-0.2, 0) is 21.2 Å². The van der Waals surface area contributed by atoms with E-state index in [9.17, 15) is 27.5 Å². The Kier molecular flexibility index (Phi) is 9.36. The topological polar surface area (TPSA) is 137 Å². The summed E-state index contributed by atoms with van der Waals surface area (Å²) in [6.07, 6.45) is 3.58. The van der Waals surface area contributed by atoms with Crippen molar-refractivity contribution >= 4 is 33.2 Å². The minimum absolute atomic E-state index is 0.0227. The maximum absolute atomic E-state index is 14.8. The van der Waals surface area contributed by atoms with Crippen LogP contribution >= 0.6 is 11.6 Å². The van der Waals surface area contributed by atoms with Gasteiger partial charge in [-0.25, -0.2) is 21.9 Å². The zero-order chi connectivity index (χ0) is 28.9. The van der Waals surface area contributed by atoms with Gasteiger partial charge in [0.1, 0.15) is 17.7 Å². The predicted molar refractivity (Wildman–Crippen MR) is 148 cm³/mol.